The summed E-state index contributed by atoms with van der Waals surface area (Å²) in [6, 6.07) is 24.6. The third-order valence-electron chi connectivity index (χ3n) is 5.41. The Morgan fingerprint density at radius 1 is 0.865 bits per heavy atom. The van der Waals surface area contributed by atoms with E-state index in [4.69, 9.17) is 9.47 Å². The van der Waals surface area contributed by atoms with Crippen LogP contribution >= 0.6 is 0 Å². The number of nitrogens with zero attached hydrogens (tertiary/aromatic N) is 1. The Kier molecular flexibility index (Phi) is 7.90. The highest BCUT2D eigenvalue weighted by molar-refractivity contribution is 6.39. The molecule has 0 saturated carbocycles. The fraction of sp³-hybridized carbons (Fsp3) is 0.103. The molecule has 0 bridgehead atoms. The molecule has 0 atom stereocenters. The van der Waals surface area contributed by atoms with E-state index in [0.717, 1.165) is 16.3 Å². The van der Waals surface area contributed by atoms with E-state index in [-0.39, 0.29) is 5.75 Å². The van der Waals surface area contributed by atoms with Crippen molar-refractivity contribution in [3.05, 3.63) is 102 Å². The van der Waals surface area contributed by atoms with Gasteiger partial charge in [-0.05, 0) is 67.1 Å². The number of rotatable bonds is 7. The van der Waals surface area contributed by atoms with Gasteiger partial charge in [0.25, 0.3) is 0 Å². The quantitative estimate of drug-likeness (QED) is 0.125. The molecule has 4 aromatic carbocycles. The Morgan fingerprint density at radius 3 is 2.32 bits per heavy atom. The molecule has 186 valence electrons. The lowest BCUT2D eigenvalue weighted by molar-refractivity contribution is -0.136. The van der Waals surface area contributed by atoms with E-state index in [1.54, 1.807) is 42.5 Å². The lowest BCUT2D eigenvalue weighted by Crippen LogP contribution is -2.32. The van der Waals surface area contributed by atoms with Gasteiger partial charge in [-0.15, -0.1) is 0 Å². The topological polar surface area (TPSA) is 106 Å². The van der Waals surface area contributed by atoms with Gasteiger partial charge in [0.2, 0.25) is 0 Å². The van der Waals surface area contributed by atoms with Crippen LogP contribution in [0.1, 0.15) is 28.4 Å². The number of esters is 1. The predicted octanol–water partition coefficient (Wildman–Crippen LogP) is 4.85. The number of hydrazone groups is 1. The fourth-order valence-corrected chi connectivity index (χ4v) is 3.54. The Labute approximate surface area is 213 Å². The van der Waals surface area contributed by atoms with Gasteiger partial charge < -0.3 is 14.8 Å². The normalized spacial score (nSPS) is 10.8. The zero-order valence-electron chi connectivity index (χ0n) is 20.4. The van der Waals surface area contributed by atoms with E-state index in [9.17, 15) is 14.4 Å². The maximum atomic E-state index is 12.7. The molecule has 0 radical (unpaired) electrons. The van der Waals surface area contributed by atoms with E-state index in [0.29, 0.717) is 29.2 Å². The van der Waals surface area contributed by atoms with Crippen molar-refractivity contribution in [1.29, 1.82) is 0 Å². The summed E-state index contributed by atoms with van der Waals surface area (Å²) in [6.45, 7) is 4.32. The molecule has 0 heterocycles. The average molecular weight is 496 g/mol. The number of anilines is 1. The Hall–Kier alpha value is -4.98. The smallest absolute Gasteiger partial charge is 0.343 e. The summed E-state index contributed by atoms with van der Waals surface area (Å²) in [6.07, 6.45) is 1.35. The first-order valence-corrected chi connectivity index (χ1v) is 11.6. The first-order chi connectivity index (χ1) is 17.9. The highest BCUT2D eigenvalue weighted by Crippen LogP contribution is 2.27. The number of aryl methyl sites for hydroxylation is 1. The largest absolute Gasteiger partial charge is 0.494 e. The van der Waals surface area contributed by atoms with Crippen molar-refractivity contribution in [1.82, 2.24) is 5.43 Å². The number of carbonyl (C=O) groups excluding carboxylic acids is 3. The van der Waals surface area contributed by atoms with Gasteiger partial charge in [-0.25, -0.2) is 10.2 Å². The highest BCUT2D eigenvalue weighted by Gasteiger charge is 2.15. The minimum atomic E-state index is -0.955. The molecule has 0 aliphatic rings. The van der Waals surface area contributed by atoms with Crippen molar-refractivity contribution in [3.8, 4) is 11.5 Å². The van der Waals surface area contributed by atoms with Gasteiger partial charge in [0.05, 0.1) is 18.4 Å². The molecule has 8 nitrogen and oxygen atoms in total. The van der Waals surface area contributed by atoms with Gasteiger partial charge in [0, 0.05) is 11.3 Å². The van der Waals surface area contributed by atoms with Gasteiger partial charge in [-0.2, -0.15) is 5.10 Å². The lowest BCUT2D eigenvalue weighted by Gasteiger charge is -2.11. The minimum Gasteiger partial charge on any atom is -0.494 e. The third kappa shape index (κ3) is 6.37. The van der Waals surface area contributed by atoms with Crippen molar-refractivity contribution < 1.29 is 23.9 Å². The number of benzene rings is 4. The maximum Gasteiger partial charge on any atom is 0.343 e. The summed E-state index contributed by atoms with van der Waals surface area (Å²) in [5.41, 5.74) is 4.56. The maximum absolute atomic E-state index is 12.7. The van der Waals surface area contributed by atoms with Gasteiger partial charge >= 0.3 is 17.8 Å². The summed E-state index contributed by atoms with van der Waals surface area (Å²) in [4.78, 5) is 37.3. The van der Waals surface area contributed by atoms with Crippen LogP contribution in [0.25, 0.3) is 10.8 Å². The van der Waals surface area contributed by atoms with Crippen LogP contribution in [0.2, 0.25) is 0 Å². The molecular formula is C29H25N3O5. The van der Waals surface area contributed by atoms with E-state index in [1.165, 1.54) is 6.21 Å². The van der Waals surface area contributed by atoms with E-state index < -0.39 is 17.8 Å². The van der Waals surface area contributed by atoms with Crippen molar-refractivity contribution in [2.24, 2.45) is 5.10 Å². The first kappa shape index (κ1) is 25.1. The summed E-state index contributed by atoms with van der Waals surface area (Å²) < 4.78 is 11.0. The van der Waals surface area contributed by atoms with Crippen LogP contribution in [-0.4, -0.2) is 30.6 Å². The van der Waals surface area contributed by atoms with Crippen molar-refractivity contribution in [2.45, 2.75) is 13.8 Å². The zero-order valence-corrected chi connectivity index (χ0v) is 20.4. The van der Waals surface area contributed by atoms with Gasteiger partial charge in [-0.1, -0.05) is 48.0 Å². The molecule has 0 aliphatic carbocycles. The standard InChI is InChI=1S/C29H25N3O5/c1-3-36-23-15-13-22(14-16-23)31-27(33)28(34)32-30-18-25-24-7-5-4-6-20(24)12-17-26(25)37-29(35)21-10-8-19(2)9-11-21/h4-18H,3H2,1-2H3,(H,31,33)(H,32,34). The molecular weight excluding hydrogens is 470 g/mol. The molecule has 37 heavy (non-hydrogen) atoms. The Bertz CT molecular complexity index is 1460. The van der Waals surface area contributed by atoms with Crippen molar-refractivity contribution >= 4 is 40.5 Å². The van der Waals surface area contributed by atoms with Crippen LogP contribution in [-0.2, 0) is 9.59 Å². The molecule has 0 aliphatic heterocycles. The van der Waals surface area contributed by atoms with Crippen LogP contribution in [0.5, 0.6) is 11.5 Å². The Balaban J connectivity index is 1.49. The lowest BCUT2D eigenvalue weighted by atomic mass is 10.0. The number of fused-ring (bicyclic) bond motifs is 1. The fourth-order valence-electron chi connectivity index (χ4n) is 3.54. The molecule has 2 N–H and O–H groups in total. The number of carbonyl (C=O) groups is 3. The molecule has 4 rings (SSSR count). The van der Waals surface area contributed by atoms with Crippen LogP contribution in [0.3, 0.4) is 0 Å². The number of amides is 2. The molecule has 0 unspecified atom stereocenters. The first-order valence-electron chi connectivity index (χ1n) is 11.6. The molecule has 0 fully saturated rings. The van der Waals surface area contributed by atoms with Gasteiger partial charge in [-0.3, -0.25) is 9.59 Å². The van der Waals surface area contributed by atoms with E-state index in [2.05, 4.69) is 15.8 Å². The second-order valence-electron chi connectivity index (χ2n) is 8.06. The van der Waals surface area contributed by atoms with Crippen LogP contribution in [0.4, 0.5) is 5.69 Å². The summed E-state index contributed by atoms with van der Waals surface area (Å²) in [5, 5.41) is 8.09. The molecule has 8 heteroatoms. The third-order valence-corrected chi connectivity index (χ3v) is 5.41. The summed E-state index contributed by atoms with van der Waals surface area (Å²) in [5.74, 6) is -1.44. The van der Waals surface area contributed by atoms with E-state index in [1.807, 2.05) is 56.3 Å². The molecule has 4 aromatic rings. The molecule has 0 saturated heterocycles. The number of hydrogen-bond donors (Lipinski definition) is 2. The van der Waals surface area contributed by atoms with Gasteiger partial charge in [0.15, 0.2) is 0 Å². The Morgan fingerprint density at radius 2 is 1.59 bits per heavy atom. The monoisotopic (exact) mass is 495 g/mol. The predicted molar refractivity (Wildman–Crippen MR) is 142 cm³/mol. The van der Waals surface area contributed by atoms with Crippen LogP contribution < -0.4 is 20.2 Å². The van der Waals surface area contributed by atoms with E-state index >= 15 is 0 Å². The van der Waals surface area contributed by atoms with Crippen LogP contribution in [0.15, 0.2) is 90.0 Å². The highest BCUT2D eigenvalue weighted by atomic mass is 16.5. The van der Waals surface area contributed by atoms with Crippen molar-refractivity contribution in [3.63, 3.8) is 0 Å². The molecule has 0 aromatic heterocycles. The van der Waals surface area contributed by atoms with Gasteiger partial charge in [0.1, 0.15) is 11.5 Å². The minimum absolute atomic E-state index is 0.265. The summed E-state index contributed by atoms with van der Waals surface area (Å²) in [7, 11) is 0. The molecule has 2 amide bonds. The SMILES string of the molecule is CCOc1ccc(NC(=O)C(=O)NN=Cc2c(OC(=O)c3ccc(C)cc3)ccc3ccccc23)cc1. The van der Waals surface area contributed by atoms with Crippen molar-refractivity contribution in [2.75, 3.05) is 11.9 Å². The summed E-state index contributed by atoms with van der Waals surface area (Å²) >= 11 is 0. The zero-order chi connectivity index (χ0) is 26.2. The average Bonchev–Trinajstić information content (AvgIpc) is 2.91. The second kappa shape index (κ2) is 11.6. The number of hydrogen-bond acceptors (Lipinski definition) is 6. The molecule has 0 spiro atoms. The second-order valence-corrected chi connectivity index (χ2v) is 8.06. The van der Waals surface area contributed by atoms with Crippen LogP contribution in [0, 0.1) is 6.92 Å². The number of ether oxygens (including phenoxy) is 2. The number of nitrogens with one attached hydrogen (secondary N) is 2.